The molecule has 0 aliphatic heterocycles. The van der Waals surface area contributed by atoms with Crippen LogP contribution in [-0.2, 0) is 0 Å². The number of nitro groups is 1. The summed E-state index contributed by atoms with van der Waals surface area (Å²) in [5.41, 5.74) is 0.233. The molecule has 0 bridgehead atoms. The van der Waals surface area contributed by atoms with E-state index in [2.05, 4.69) is 35.1 Å². The Balaban J connectivity index is 2.63. The van der Waals surface area contributed by atoms with Crippen LogP contribution in [-0.4, -0.2) is 22.2 Å². The molecule has 20 heavy (non-hydrogen) atoms. The first-order valence-electron chi connectivity index (χ1n) is 6.66. The fourth-order valence-corrected chi connectivity index (χ4v) is 2.93. The molecule has 5 nitrogen and oxygen atoms in total. The second-order valence-corrected chi connectivity index (χ2v) is 5.79. The van der Waals surface area contributed by atoms with Crippen LogP contribution >= 0.6 is 15.9 Å². The van der Waals surface area contributed by atoms with Gasteiger partial charge >= 0.3 is 0 Å². The van der Waals surface area contributed by atoms with E-state index in [4.69, 9.17) is 0 Å². The Bertz CT molecular complexity index is 475. The van der Waals surface area contributed by atoms with Crippen molar-refractivity contribution in [3.05, 3.63) is 39.9 Å². The summed E-state index contributed by atoms with van der Waals surface area (Å²) in [4.78, 5) is 22.3. The van der Waals surface area contributed by atoms with Crippen LogP contribution in [0.1, 0.15) is 37.0 Å². The molecular weight excluding hydrogens is 324 g/mol. The third kappa shape index (κ3) is 4.59. The second-order valence-electron chi connectivity index (χ2n) is 4.61. The molecule has 0 saturated carbocycles. The van der Waals surface area contributed by atoms with Gasteiger partial charge in [-0.25, -0.2) is 0 Å². The van der Waals surface area contributed by atoms with E-state index in [1.807, 2.05) is 0 Å². The smallest absolute Gasteiger partial charge is 0.270 e. The molecule has 1 aromatic carbocycles. The van der Waals surface area contributed by atoms with Crippen LogP contribution in [0.3, 0.4) is 0 Å². The molecule has 0 fully saturated rings. The van der Waals surface area contributed by atoms with Crippen LogP contribution in [0.15, 0.2) is 24.3 Å². The number of hydrogen-bond donors (Lipinski definition) is 1. The molecule has 110 valence electrons. The summed E-state index contributed by atoms with van der Waals surface area (Å²) in [6.45, 7) is 4.74. The van der Waals surface area contributed by atoms with Gasteiger partial charge in [0.15, 0.2) is 0 Å². The van der Waals surface area contributed by atoms with Gasteiger partial charge in [-0.2, -0.15) is 0 Å². The minimum Gasteiger partial charge on any atom is -0.351 e. The lowest BCUT2D eigenvalue weighted by molar-refractivity contribution is -0.384. The molecule has 1 aromatic rings. The molecule has 0 spiro atoms. The Labute approximate surface area is 127 Å². The predicted molar refractivity (Wildman–Crippen MR) is 82.2 cm³/mol. The maximum absolute atomic E-state index is 12.0. The molecule has 1 rings (SSSR count). The quantitative estimate of drug-likeness (QED) is 0.468. The third-order valence-electron chi connectivity index (χ3n) is 3.34. The van der Waals surface area contributed by atoms with E-state index < -0.39 is 4.92 Å². The number of rotatable bonds is 7. The highest BCUT2D eigenvalue weighted by Gasteiger charge is 2.17. The van der Waals surface area contributed by atoms with Crippen molar-refractivity contribution in [2.45, 2.75) is 31.5 Å². The molecule has 1 unspecified atom stereocenters. The second kappa shape index (κ2) is 7.99. The largest absolute Gasteiger partial charge is 0.351 e. The number of amides is 1. The number of hydrogen-bond acceptors (Lipinski definition) is 3. The van der Waals surface area contributed by atoms with E-state index in [9.17, 15) is 14.9 Å². The van der Waals surface area contributed by atoms with Gasteiger partial charge in [-0.3, -0.25) is 14.9 Å². The number of carbonyl (C=O) groups is 1. The van der Waals surface area contributed by atoms with Crippen molar-refractivity contribution in [2.24, 2.45) is 5.92 Å². The number of nitrogens with zero attached hydrogens (tertiary/aromatic N) is 1. The van der Waals surface area contributed by atoms with E-state index in [1.54, 1.807) is 6.07 Å². The normalized spacial score (nSPS) is 12.2. The number of nitrogens with one attached hydrogen (secondary N) is 1. The van der Waals surface area contributed by atoms with Gasteiger partial charge in [0.1, 0.15) is 0 Å². The van der Waals surface area contributed by atoms with Gasteiger partial charge in [0, 0.05) is 29.1 Å². The molecule has 6 heteroatoms. The maximum atomic E-state index is 12.0. The molecule has 0 aliphatic carbocycles. The Morgan fingerprint density at radius 1 is 1.40 bits per heavy atom. The third-order valence-corrected chi connectivity index (χ3v) is 4.41. The molecular formula is C14H19BrN2O3. The lowest BCUT2D eigenvalue weighted by Crippen LogP contribution is -2.32. The SMILES string of the molecule is CCC(CC)C(Br)CNC(=O)c1cccc([N+](=O)[O-])c1. The fraction of sp³-hybridized carbons (Fsp3) is 0.500. The number of nitro benzene ring substituents is 1. The van der Waals surface area contributed by atoms with Crippen LogP contribution < -0.4 is 5.32 Å². The molecule has 0 aliphatic rings. The van der Waals surface area contributed by atoms with Gasteiger partial charge < -0.3 is 5.32 Å². The van der Waals surface area contributed by atoms with Gasteiger partial charge in [0.2, 0.25) is 0 Å². The highest BCUT2D eigenvalue weighted by atomic mass is 79.9. The minimum absolute atomic E-state index is 0.0759. The highest BCUT2D eigenvalue weighted by molar-refractivity contribution is 9.09. The zero-order valence-electron chi connectivity index (χ0n) is 11.6. The van der Waals surface area contributed by atoms with Gasteiger partial charge in [-0.15, -0.1) is 0 Å². The zero-order valence-corrected chi connectivity index (χ0v) is 13.2. The first-order valence-corrected chi connectivity index (χ1v) is 7.57. The van der Waals surface area contributed by atoms with E-state index in [1.165, 1.54) is 18.2 Å². The molecule has 1 atom stereocenters. The predicted octanol–water partition coefficient (Wildman–Crippen LogP) is 3.52. The Kier molecular flexibility index (Phi) is 6.64. The van der Waals surface area contributed by atoms with Gasteiger partial charge in [-0.1, -0.05) is 48.7 Å². The monoisotopic (exact) mass is 342 g/mol. The molecule has 0 heterocycles. The van der Waals surface area contributed by atoms with E-state index >= 15 is 0 Å². The number of non-ortho nitro benzene ring substituents is 1. The Hall–Kier alpha value is -1.43. The lowest BCUT2D eigenvalue weighted by atomic mass is 9.99. The summed E-state index contributed by atoms with van der Waals surface area (Å²) >= 11 is 3.58. The van der Waals surface area contributed by atoms with Crippen molar-refractivity contribution in [1.82, 2.24) is 5.32 Å². The van der Waals surface area contributed by atoms with Crippen LogP contribution in [0.5, 0.6) is 0 Å². The van der Waals surface area contributed by atoms with E-state index in [0.717, 1.165) is 12.8 Å². The van der Waals surface area contributed by atoms with Crippen LogP contribution in [0.2, 0.25) is 0 Å². The number of halogens is 1. The number of carbonyl (C=O) groups excluding carboxylic acids is 1. The van der Waals surface area contributed by atoms with Crippen molar-refractivity contribution in [3.8, 4) is 0 Å². The number of alkyl halides is 1. The minimum atomic E-state index is -0.506. The van der Waals surface area contributed by atoms with Crippen molar-refractivity contribution in [3.63, 3.8) is 0 Å². The average molecular weight is 343 g/mol. The molecule has 1 N–H and O–H groups in total. The summed E-state index contributed by atoms with van der Waals surface area (Å²) in [6.07, 6.45) is 2.08. The fourth-order valence-electron chi connectivity index (χ4n) is 2.02. The van der Waals surface area contributed by atoms with Crippen molar-refractivity contribution in [2.75, 3.05) is 6.54 Å². The van der Waals surface area contributed by atoms with E-state index in [0.29, 0.717) is 18.0 Å². The molecule has 0 saturated heterocycles. The van der Waals surface area contributed by atoms with Crippen molar-refractivity contribution < 1.29 is 9.72 Å². The summed E-state index contributed by atoms with van der Waals surface area (Å²) in [7, 11) is 0. The first kappa shape index (κ1) is 16.6. The van der Waals surface area contributed by atoms with Crippen LogP contribution in [0, 0.1) is 16.0 Å². The van der Waals surface area contributed by atoms with Crippen LogP contribution in [0.4, 0.5) is 5.69 Å². The summed E-state index contributed by atoms with van der Waals surface area (Å²) in [5, 5.41) is 13.5. The zero-order chi connectivity index (χ0) is 15.1. The van der Waals surface area contributed by atoms with Gasteiger partial charge in [-0.05, 0) is 12.0 Å². The van der Waals surface area contributed by atoms with Crippen molar-refractivity contribution >= 4 is 27.5 Å². The molecule has 0 aromatic heterocycles. The Morgan fingerprint density at radius 2 is 2.05 bits per heavy atom. The Morgan fingerprint density at radius 3 is 2.60 bits per heavy atom. The highest BCUT2D eigenvalue weighted by Crippen LogP contribution is 2.19. The molecule has 0 radical (unpaired) electrons. The summed E-state index contributed by atoms with van der Waals surface area (Å²) in [5.74, 6) is 0.213. The first-order chi connectivity index (χ1) is 9.49. The summed E-state index contributed by atoms with van der Waals surface area (Å²) < 4.78 is 0. The van der Waals surface area contributed by atoms with Gasteiger partial charge in [0.05, 0.1) is 4.92 Å². The van der Waals surface area contributed by atoms with E-state index in [-0.39, 0.29) is 16.4 Å². The maximum Gasteiger partial charge on any atom is 0.270 e. The van der Waals surface area contributed by atoms with Gasteiger partial charge in [0.25, 0.3) is 11.6 Å². The topological polar surface area (TPSA) is 72.2 Å². The van der Waals surface area contributed by atoms with Crippen LogP contribution in [0.25, 0.3) is 0 Å². The average Bonchev–Trinajstić information content (AvgIpc) is 2.46. The molecule has 1 amide bonds. The lowest BCUT2D eigenvalue weighted by Gasteiger charge is -2.19. The van der Waals surface area contributed by atoms with Crippen molar-refractivity contribution in [1.29, 1.82) is 0 Å². The summed E-state index contributed by atoms with van der Waals surface area (Å²) in [6, 6.07) is 5.74. The number of benzene rings is 1. The standard InChI is InChI=1S/C14H19BrN2O3/c1-3-10(4-2)13(15)9-16-14(18)11-6-5-7-12(8-11)17(19)20/h5-8,10,13H,3-4,9H2,1-2H3,(H,16,18).